The highest BCUT2D eigenvalue weighted by atomic mass is 32.2. The van der Waals surface area contributed by atoms with E-state index in [1.165, 1.54) is 0 Å². The minimum atomic E-state index is -3.00. The van der Waals surface area contributed by atoms with E-state index in [1.54, 1.807) is 0 Å². The van der Waals surface area contributed by atoms with Crippen LogP contribution >= 0.6 is 0 Å². The van der Waals surface area contributed by atoms with Gasteiger partial charge in [0.15, 0.2) is 9.84 Å². The van der Waals surface area contributed by atoms with E-state index in [1.807, 2.05) is 27.7 Å². The van der Waals surface area contributed by atoms with Gasteiger partial charge >= 0.3 is 0 Å². The number of nitrogens with one attached hydrogen (secondary N) is 1. The molecule has 0 radical (unpaired) electrons. The van der Waals surface area contributed by atoms with E-state index in [0.29, 0.717) is 6.42 Å². The van der Waals surface area contributed by atoms with Gasteiger partial charge in [-0.3, -0.25) is 0 Å². The predicted octanol–water partition coefficient (Wildman–Crippen LogP) is 2.61. The molecule has 0 aromatic heterocycles. The van der Waals surface area contributed by atoms with E-state index in [0.717, 1.165) is 13.0 Å². The van der Waals surface area contributed by atoms with Gasteiger partial charge < -0.3 is 5.32 Å². The zero-order valence-electron chi connectivity index (χ0n) is 12.2. The van der Waals surface area contributed by atoms with Gasteiger partial charge in [-0.1, -0.05) is 20.8 Å². The van der Waals surface area contributed by atoms with Gasteiger partial charge in [-0.25, -0.2) is 8.42 Å². The molecule has 3 nitrogen and oxygen atoms in total. The van der Waals surface area contributed by atoms with Crippen molar-refractivity contribution in [2.75, 3.05) is 6.54 Å². The monoisotopic (exact) mass is 263 g/mol. The predicted molar refractivity (Wildman–Crippen MR) is 75.1 cm³/mol. The fourth-order valence-electron chi connectivity index (χ4n) is 1.85. The van der Waals surface area contributed by atoms with Crippen molar-refractivity contribution in [2.45, 2.75) is 70.9 Å². The van der Waals surface area contributed by atoms with Crippen molar-refractivity contribution < 1.29 is 8.42 Å². The molecule has 104 valence electrons. The van der Waals surface area contributed by atoms with Gasteiger partial charge in [-0.2, -0.15) is 0 Å². The van der Waals surface area contributed by atoms with Crippen LogP contribution in [0.3, 0.4) is 0 Å². The molecular weight excluding hydrogens is 234 g/mol. The molecule has 0 saturated heterocycles. The van der Waals surface area contributed by atoms with Crippen LogP contribution < -0.4 is 5.32 Å². The molecule has 0 fully saturated rings. The Kier molecular flexibility index (Phi) is 7.33. The van der Waals surface area contributed by atoms with Crippen molar-refractivity contribution in [1.82, 2.24) is 5.32 Å². The smallest absolute Gasteiger partial charge is 0.155 e. The summed E-state index contributed by atoms with van der Waals surface area (Å²) in [7, 11) is -3.00. The standard InChI is InChI=1S/C13H29NO2S/c1-7-8-14-11(4)9-12(5)17(15,16)13(6)10(2)3/h10-14H,7-9H2,1-6H3. The Bertz CT molecular complexity index is 299. The summed E-state index contributed by atoms with van der Waals surface area (Å²) >= 11 is 0. The molecule has 1 N–H and O–H groups in total. The van der Waals surface area contributed by atoms with Gasteiger partial charge in [0.05, 0.1) is 10.5 Å². The molecule has 0 amide bonds. The van der Waals surface area contributed by atoms with Crippen LogP contribution in [0.4, 0.5) is 0 Å². The first-order chi connectivity index (χ1) is 7.73. The topological polar surface area (TPSA) is 46.2 Å². The molecule has 0 aliphatic rings. The molecule has 4 heteroatoms. The SMILES string of the molecule is CCCNC(C)CC(C)S(=O)(=O)C(C)C(C)C. The van der Waals surface area contributed by atoms with Crippen LogP contribution in [0.2, 0.25) is 0 Å². The summed E-state index contributed by atoms with van der Waals surface area (Å²) in [5.74, 6) is 0.182. The lowest BCUT2D eigenvalue weighted by atomic mass is 10.1. The molecule has 17 heavy (non-hydrogen) atoms. The zero-order valence-corrected chi connectivity index (χ0v) is 13.0. The quantitative estimate of drug-likeness (QED) is 0.732. The minimum absolute atomic E-state index is 0.182. The molecule has 0 rings (SSSR count). The number of sulfone groups is 1. The molecule has 0 aromatic rings. The van der Waals surface area contributed by atoms with Crippen LogP contribution in [0.15, 0.2) is 0 Å². The average Bonchev–Trinajstić information content (AvgIpc) is 2.24. The summed E-state index contributed by atoms with van der Waals surface area (Å²) in [6, 6.07) is 0.263. The maximum absolute atomic E-state index is 12.3. The first-order valence-electron chi connectivity index (χ1n) is 6.69. The van der Waals surface area contributed by atoms with Gasteiger partial charge in [0.1, 0.15) is 0 Å². The second kappa shape index (κ2) is 7.37. The van der Waals surface area contributed by atoms with Gasteiger partial charge in [-0.15, -0.1) is 0 Å². The van der Waals surface area contributed by atoms with Crippen molar-refractivity contribution in [3.8, 4) is 0 Å². The maximum atomic E-state index is 12.3. The molecule has 0 aliphatic carbocycles. The second-order valence-corrected chi connectivity index (χ2v) is 8.17. The molecule has 0 saturated carbocycles. The van der Waals surface area contributed by atoms with Crippen LogP contribution in [0.5, 0.6) is 0 Å². The Morgan fingerprint density at radius 1 is 1.06 bits per heavy atom. The van der Waals surface area contributed by atoms with Gasteiger partial charge in [0, 0.05) is 6.04 Å². The molecule has 3 atom stereocenters. The van der Waals surface area contributed by atoms with Crippen molar-refractivity contribution in [1.29, 1.82) is 0 Å². The highest BCUT2D eigenvalue weighted by molar-refractivity contribution is 7.92. The van der Waals surface area contributed by atoms with Crippen molar-refractivity contribution >= 4 is 9.84 Å². The molecule has 0 aliphatic heterocycles. The van der Waals surface area contributed by atoms with E-state index in [2.05, 4.69) is 19.2 Å². The van der Waals surface area contributed by atoms with E-state index >= 15 is 0 Å². The van der Waals surface area contributed by atoms with Gasteiger partial charge in [0.2, 0.25) is 0 Å². The van der Waals surface area contributed by atoms with Crippen molar-refractivity contribution in [3.05, 3.63) is 0 Å². The maximum Gasteiger partial charge on any atom is 0.155 e. The third-order valence-corrected chi connectivity index (χ3v) is 6.34. The van der Waals surface area contributed by atoms with Crippen molar-refractivity contribution in [2.24, 2.45) is 5.92 Å². The van der Waals surface area contributed by atoms with Crippen LogP contribution in [-0.2, 0) is 9.84 Å². The molecular formula is C13H29NO2S. The van der Waals surface area contributed by atoms with E-state index in [4.69, 9.17) is 0 Å². The number of hydrogen-bond acceptors (Lipinski definition) is 3. The lowest BCUT2D eigenvalue weighted by Crippen LogP contribution is -2.37. The lowest BCUT2D eigenvalue weighted by molar-refractivity contribution is 0.485. The number of hydrogen-bond donors (Lipinski definition) is 1. The normalized spacial score (nSPS) is 18.1. The van der Waals surface area contributed by atoms with Gasteiger partial charge in [0.25, 0.3) is 0 Å². The summed E-state index contributed by atoms with van der Waals surface area (Å²) in [5.41, 5.74) is 0. The Morgan fingerprint density at radius 2 is 1.59 bits per heavy atom. The molecule has 0 heterocycles. The van der Waals surface area contributed by atoms with E-state index in [9.17, 15) is 8.42 Å². The summed E-state index contributed by atoms with van der Waals surface area (Å²) in [5, 5.41) is 2.82. The highest BCUT2D eigenvalue weighted by Gasteiger charge is 2.30. The highest BCUT2D eigenvalue weighted by Crippen LogP contribution is 2.19. The first kappa shape index (κ1) is 16.9. The zero-order chi connectivity index (χ0) is 13.6. The second-order valence-electron chi connectivity index (χ2n) is 5.44. The van der Waals surface area contributed by atoms with E-state index in [-0.39, 0.29) is 22.5 Å². The minimum Gasteiger partial charge on any atom is -0.314 e. The van der Waals surface area contributed by atoms with Crippen LogP contribution in [0.1, 0.15) is 54.4 Å². The molecule has 0 bridgehead atoms. The summed E-state index contributed by atoms with van der Waals surface area (Å²) < 4.78 is 24.5. The first-order valence-corrected chi connectivity index (χ1v) is 8.30. The third kappa shape index (κ3) is 5.38. The van der Waals surface area contributed by atoms with Crippen molar-refractivity contribution in [3.63, 3.8) is 0 Å². The number of rotatable bonds is 8. The van der Waals surface area contributed by atoms with E-state index < -0.39 is 9.84 Å². The Labute approximate surface area is 107 Å². The lowest BCUT2D eigenvalue weighted by Gasteiger charge is -2.24. The fourth-order valence-corrected chi connectivity index (χ4v) is 3.90. The fraction of sp³-hybridized carbons (Fsp3) is 1.00. The van der Waals surface area contributed by atoms with Crippen LogP contribution in [0, 0.1) is 5.92 Å². The van der Waals surface area contributed by atoms with Gasteiger partial charge in [-0.05, 0) is 46.1 Å². The van der Waals surface area contributed by atoms with Crippen LogP contribution in [0.25, 0.3) is 0 Å². The Balaban J connectivity index is 4.44. The largest absolute Gasteiger partial charge is 0.314 e. The molecule has 0 spiro atoms. The average molecular weight is 263 g/mol. The summed E-state index contributed by atoms with van der Waals surface area (Å²) in [6.07, 6.45) is 1.77. The summed E-state index contributed by atoms with van der Waals surface area (Å²) in [4.78, 5) is 0. The molecule has 3 unspecified atom stereocenters. The summed E-state index contributed by atoms with van der Waals surface area (Å²) in [6.45, 7) is 12.7. The Morgan fingerprint density at radius 3 is 2.00 bits per heavy atom. The molecule has 0 aromatic carbocycles. The Hall–Kier alpha value is -0.0900. The van der Waals surface area contributed by atoms with Crippen LogP contribution in [-0.4, -0.2) is 31.5 Å². The third-order valence-electron chi connectivity index (χ3n) is 3.45.